The van der Waals surface area contributed by atoms with Crippen molar-refractivity contribution in [3.05, 3.63) is 32.2 Å². The van der Waals surface area contributed by atoms with Crippen molar-refractivity contribution in [2.75, 3.05) is 0 Å². The van der Waals surface area contributed by atoms with Gasteiger partial charge in [-0.3, -0.25) is 0 Å². The average molecular weight is 317 g/mol. The number of aryl methyl sites for hydroxylation is 1. The van der Waals surface area contributed by atoms with Crippen LogP contribution in [0.2, 0.25) is 0 Å². The molecule has 20 heavy (non-hydrogen) atoms. The van der Waals surface area contributed by atoms with Crippen LogP contribution in [0.4, 0.5) is 5.82 Å². The Morgan fingerprint density at radius 2 is 2.30 bits per heavy atom. The highest BCUT2D eigenvalue weighted by Crippen LogP contribution is 2.31. The third-order valence-electron chi connectivity index (χ3n) is 2.57. The highest BCUT2D eigenvalue weighted by molar-refractivity contribution is 7.79. The zero-order chi connectivity index (χ0) is 14.9. The third kappa shape index (κ3) is 2.59. The molecule has 108 valence electrons. The topological polar surface area (TPSA) is 124 Å². The maximum atomic E-state index is 11.6. The maximum absolute atomic E-state index is 11.6. The molecule has 0 saturated carbocycles. The zero-order valence-corrected chi connectivity index (χ0v) is 12.2. The number of rotatable bonds is 5. The van der Waals surface area contributed by atoms with Crippen molar-refractivity contribution in [2.24, 2.45) is 0 Å². The highest BCUT2D eigenvalue weighted by Gasteiger charge is 2.34. The lowest BCUT2D eigenvalue weighted by molar-refractivity contribution is -0.392. The Balaban J connectivity index is 2.56. The second-order valence-corrected chi connectivity index (χ2v) is 6.03. The minimum absolute atomic E-state index is 0.135. The van der Waals surface area contributed by atoms with Gasteiger partial charge in [-0.2, -0.15) is 0 Å². The van der Waals surface area contributed by atoms with E-state index in [-0.39, 0.29) is 18.2 Å². The molecule has 2 heterocycles. The zero-order valence-electron chi connectivity index (χ0n) is 10.6. The fourth-order valence-corrected chi connectivity index (χ4v) is 3.42. The van der Waals surface area contributed by atoms with Crippen LogP contribution in [-0.4, -0.2) is 33.4 Å². The second kappa shape index (κ2) is 5.73. The first-order chi connectivity index (χ1) is 9.45. The molecule has 11 heteroatoms. The molecule has 0 spiro atoms. The molecular formula is C9H11N5O4S2. The van der Waals surface area contributed by atoms with Gasteiger partial charge >= 0.3 is 5.82 Å². The van der Waals surface area contributed by atoms with E-state index in [1.807, 2.05) is 0 Å². The van der Waals surface area contributed by atoms with Crippen LogP contribution in [0.5, 0.6) is 0 Å². The lowest BCUT2D eigenvalue weighted by Crippen LogP contribution is -2.15. The first kappa shape index (κ1) is 14.7. The van der Waals surface area contributed by atoms with Crippen molar-refractivity contribution in [3.8, 4) is 0 Å². The minimum Gasteiger partial charge on any atom is -0.358 e. The van der Waals surface area contributed by atoms with Crippen molar-refractivity contribution in [2.45, 2.75) is 25.6 Å². The van der Waals surface area contributed by atoms with Gasteiger partial charge in [0, 0.05) is 0 Å². The van der Waals surface area contributed by atoms with Crippen LogP contribution < -0.4 is 0 Å². The van der Waals surface area contributed by atoms with Crippen LogP contribution in [0.25, 0.3) is 0 Å². The molecule has 0 saturated heterocycles. The molecule has 0 amide bonds. The summed E-state index contributed by atoms with van der Waals surface area (Å²) in [5.41, 5.74) is 0. The fraction of sp³-hybridized carbons (Fsp3) is 0.444. The summed E-state index contributed by atoms with van der Waals surface area (Å²) in [6.07, 6.45) is 1.08. The molecule has 2 unspecified atom stereocenters. The summed E-state index contributed by atoms with van der Waals surface area (Å²) in [5.74, 6) is -0.0876. The van der Waals surface area contributed by atoms with Crippen LogP contribution in [0.1, 0.15) is 28.0 Å². The lowest BCUT2D eigenvalue weighted by atomic mass is 10.4. The van der Waals surface area contributed by atoms with E-state index in [1.165, 1.54) is 4.57 Å². The molecule has 0 radical (unpaired) electrons. The summed E-state index contributed by atoms with van der Waals surface area (Å²) in [4.78, 5) is 14.2. The third-order valence-corrected chi connectivity index (χ3v) is 4.46. The number of nitrogens with zero attached hydrogens (tertiary/aromatic N) is 5. The predicted octanol–water partition coefficient (Wildman–Crippen LogP) is 1.28. The van der Waals surface area contributed by atoms with Gasteiger partial charge in [0.1, 0.15) is 16.2 Å². The fourth-order valence-electron chi connectivity index (χ4n) is 1.76. The Morgan fingerprint density at radius 3 is 2.75 bits per heavy atom. The molecule has 1 N–H and O–H groups in total. The van der Waals surface area contributed by atoms with Gasteiger partial charge in [0.25, 0.3) is 0 Å². The Bertz CT molecular complexity index is 667. The number of hydrogen-bond acceptors (Lipinski definition) is 7. The van der Waals surface area contributed by atoms with Crippen LogP contribution in [0.15, 0.2) is 6.20 Å². The number of nitro groups is 1. The summed E-state index contributed by atoms with van der Waals surface area (Å²) >= 11 is -1.14. The SMILES string of the molecule is CCn1c([N+](=O)[O-])cnc1C(c1nnc(C)s1)S(=O)O. The summed E-state index contributed by atoms with van der Waals surface area (Å²) in [7, 11) is 0. The maximum Gasteiger partial charge on any atom is 0.342 e. The Morgan fingerprint density at radius 1 is 1.60 bits per heavy atom. The smallest absolute Gasteiger partial charge is 0.342 e. The van der Waals surface area contributed by atoms with E-state index >= 15 is 0 Å². The van der Waals surface area contributed by atoms with Crippen LogP contribution in [0.3, 0.4) is 0 Å². The Kier molecular flexibility index (Phi) is 4.20. The first-order valence-corrected chi connectivity index (χ1v) is 7.53. The molecule has 0 aliphatic heterocycles. The largest absolute Gasteiger partial charge is 0.358 e. The van der Waals surface area contributed by atoms with Gasteiger partial charge in [0.05, 0.1) is 6.54 Å². The Hall–Kier alpha value is -1.72. The molecule has 2 aromatic heterocycles. The standard InChI is InChI=1S/C9H11N5O4S2/c1-3-13-6(14(15)16)4-10-8(13)7(20(17)18)9-12-11-5(2)19-9/h4,7H,3H2,1-2H3,(H,17,18). The van der Waals surface area contributed by atoms with Gasteiger partial charge in [-0.1, -0.05) is 11.3 Å². The number of aromatic nitrogens is 4. The summed E-state index contributed by atoms with van der Waals surface area (Å²) < 4.78 is 22.4. The van der Waals surface area contributed by atoms with Gasteiger partial charge in [0.15, 0.2) is 16.3 Å². The number of hydrogen-bond donors (Lipinski definition) is 1. The van der Waals surface area contributed by atoms with Crippen LogP contribution >= 0.6 is 11.3 Å². The predicted molar refractivity (Wildman–Crippen MR) is 71.8 cm³/mol. The van der Waals surface area contributed by atoms with Gasteiger partial charge in [0.2, 0.25) is 5.82 Å². The number of imidazole rings is 1. The first-order valence-electron chi connectivity index (χ1n) is 5.55. The summed E-state index contributed by atoms with van der Waals surface area (Å²) in [5, 5.41) is 18.4. The summed E-state index contributed by atoms with van der Waals surface area (Å²) in [6, 6.07) is 0. The van der Waals surface area contributed by atoms with E-state index in [2.05, 4.69) is 15.2 Å². The van der Waals surface area contributed by atoms with Gasteiger partial charge in [-0.05, 0) is 18.8 Å². The van der Waals surface area contributed by atoms with E-state index in [1.54, 1.807) is 13.8 Å². The minimum atomic E-state index is -2.30. The highest BCUT2D eigenvalue weighted by atomic mass is 32.2. The molecule has 9 nitrogen and oxygen atoms in total. The van der Waals surface area contributed by atoms with E-state index in [4.69, 9.17) is 0 Å². The molecule has 0 fully saturated rings. The van der Waals surface area contributed by atoms with Crippen LogP contribution in [0, 0.1) is 17.0 Å². The Labute approximate surface area is 120 Å². The van der Waals surface area contributed by atoms with Crippen molar-refractivity contribution in [1.29, 1.82) is 0 Å². The van der Waals surface area contributed by atoms with E-state index in [9.17, 15) is 18.9 Å². The van der Waals surface area contributed by atoms with Crippen molar-refractivity contribution >= 4 is 28.2 Å². The van der Waals surface area contributed by atoms with Gasteiger partial charge < -0.3 is 14.7 Å². The van der Waals surface area contributed by atoms with Gasteiger partial charge in [-0.25, -0.2) is 13.8 Å². The quantitative estimate of drug-likeness (QED) is 0.500. The molecule has 0 aliphatic rings. The normalized spacial score (nSPS) is 14.2. The monoisotopic (exact) mass is 317 g/mol. The molecule has 2 atom stereocenters. The second-order valence-electron chi connectivity index (χ2n) is 3.79. The lowest BCUT2D eigenvalue weighted by Gasteiger charge is -2.08. The van der Waals surface area contributed by atoms with Crippen molar-refractivity contribution in [3.63, 3.8) is 0 Å². The molecule has 2 aromatic rings. The molecule has 0 bridgehead atoms. The average Bonchev–Trinajstić information content (AvgIpc) is 2.96. The van der Waals surface area contributed by atoms with Crippen LogP contribution in [-0.2, 0) is 17.6 Å². The van der Waals surface area contributed by atoms with E-state index < -0.39 is 21.3 Å². The van der Waals surface area contributed by atoms with E-state index in [0.717, 1.165) is 17.5 Å². The van der Waals surface area contributed by atoms with Crippen molar-refractivity contribution in [1.82, 2.24) is 19.7 Å². The molecule has 0 aliphatic carbocycles. The van der Waals surface area contributed by atoms with Crippen molar-refractivity contribution < 1.29 is 13.7 Å². The van der Waals surface area contributed by atoms with Gasteiger partial charge in [-0.15, -0.1) is 10.2 Å². The summed E-state index contributed by atoms with van der Waals surface area (Å²) in [6.45, 7) is 3.67. The molecular weight excluding hydrogens is 306 g/mol. The molecule has 2 rings (SSSR count). The van der Waals surface area contributed by atoms with E-state index in [0.29, 0.717) is 10.0 Å². The molecule has 0 aromatic carbocycles.